The number of carbonyl (C=O) groups excluding carboxylic acids is 1. The van der Waals surface area contributed by atoms with Crippen LogP contribution in [0.3, 0.4) is 0 Å². The Bertz CT molecular complexity index is 377. The number of hydrogen-bond acceptors (Lipinski definition) is 3. The first-order valence-corrected chi connectivity index (χ1v) is 11.9. The molecule has 0 fully saturated rings. The first-order valence-electron chi connectivity index (χ1n) is 11.9. The minimum Gasteiger partial charge on any atom is -0.481 e. The van der Waals surface area contributed by atoms with Crippen LogP contribution in [0, 0.1) is 5.92 Å². The average molecular weight is 413 g/mol. The summed E-state index contributed by atoms with van der Waals surface area (Å²) in [7, 11) is 0. The summed E-state index contributed by atoms with van der Waals surface area (Å²) >= 11 is 0. The van der Waals surface area contributed by atoms with Crippen molar-refractivity contribution in [3.8, 4) is 0 Å². The van der Waals surface area contributed by atoms with E-state index in [0.29, 0.717) is 13.0 Å². The van der Waals surface area contributed by atoms with E-state index in [9.17, 15) is 9.59 Å². The van der Waals surface area contributed by atoms with Gasteiger partial charge in [0.25, 0.3) is 0 Å². The number of carboxylic acids is 1. The molecule has 0 atom stereocenters. The standard InChI is InChI=1S/C14H28O2.C11H20O2/c1-2-3-4-5-6-7-8-9-10-11-12-13-14(15)16;1-4-11(12)13-9-7-5-6-8-10(2)3/h2-13H2,1H3,(H,15,16);4,10H,1,5-9H2,2-3H3. The summed E-state index contributed by atoms with van der Waals surface area (Å²) in [6.07, 6.45) is 20.2. The Labute approximate surface area is 180 Å². The number of ether oxygens (including phenoxy) is 1. The lowest BCUT2D eigenvalue weighted by Crippen LogP contribution is -2.01. The van der Waals surface area contributed by atoms with Crippen molar-refractivity contribution in [1.29, 1.82) is 0 Å². The van der Waals surface area contributed by atoms with Crippen LogP contribution < -0.4 is 0 Å². The zero-order valence-electron chi connectivity index (χ0n) is 19.6. The summed E-state index contributed by atoms with van der Waals surface area (Å²) in [6, 6.07) is 0. The molecule has 0 aromatic heterocycles. The minimum absolute atomic E-state index is 0.316. The van der Waals surface area contributed by atoms with Crippen LogP contribution in [0.2, 0.25) is 0 Å². The predicted octanol–water partition coefficient (Wildman–Crippen LogP) is 7.70. The summed E-state index contributed by atoms with van der Waals surface area (Å²) in [5.41, 5.74) is 0. The van der Waals surface area contributed by atoms with Gasteiger partial charge >= 0.3 is 11.9 Å². The van der Waals surface area contributed by atoms with Gasteiger partial charge in [0, 0.05) is 12.5 Å². The highest BCUT2D eigenvalue weighted by molar-refractivity contribution is 5.81. The van der Waals surface area contributed by atoms with E-state index in [-0.39, 0.29) is 5.97 Å². The van der Waals surface area contributed by atoms with E-state index in [1.54, 1.807) is 0 Å². The third-order valence-electron chi connectivity index (χ3n) is 4.83. The monoisotopic (exact) mass is 412 g/mol. The van der Waals surface area contributed by atoms with Gasteiger partial charge in [0.2, 0.25) is 0 Å². The SMILES string of the molecule is C=CC(=O)OCCCCCC(C)C.CCCCCCCCCCCCCC(=O)O. The Hall–Kier alpha value is -1.32. The Morgan fingerprint density at radius 1 is 0.828 bits per heavy atom. The van der Waals surface area contributed by atoms with Crippen LogP contribution >= 0.6 is 0 Å². The van der Waals surface area contributed by atoms with Crippen LogP contribution in [0.15, 0.2) is 12.7 Å². The summed E-state index contributed by atoms with van der Waals surface area (Å²) in [6.45, 7) is 10.5. The van der Waals surface area contributed by atoms with Gasteiger partial charge in [-0.2, -0.15) is 0 Å². The number of rotatable bonds is 19. The zero-order chi connectivity index (χ0) is 22.2. The first-order chi connectivity index (χ1) is 13.9. The fourth-order valence-electron chi connectivity index (χ4n) is 3.00. The summed E-state index contributed by atoms with van der Waals surface area (Å²) in [5, 5.41) is 8.46. The van der Waals surface area contributed by atoms with E-state index >= 15 is 0 Å². The molecule has 0 aromatic carbocycles. The molecule has 0 radical (unpaired) electrons. The molecule has 4 heteroatoms. The van der Waals surface area contributed by atoms with Crippen molar-refractivity contribution >= 4 is 11.9 Å². The zero-order valence-corrected chi connectivity index (χ0v) is 19.6. The summed E-state index contributed by atoms with van der Waals surface area (Å²) in [4.78, 5) is 20.9. The molecule has 0 rings (SSSR count). The topological polar surface area (TPSA) is 63.6 Å². The van der Waals surface area contributed by atoms with Crippen molar-refractivity contribution in [3.05, 3.63) is 12.7 Å². The Kier molecular flexibility index (Phi) is 25.5. The van der Waals surface area contributed by atoms with E-state index < -0.39 is 5.97 Å². The largest absolute Gasteiger partial charge is 0.481 e. The maximum absolute atomic E-state index is 10.6. The fraction of sp³-hybridized carbons (Fsp3) is 0.840. The van der Waals surface area contributed by atoms with Crippen molar-refractivity contribution < 1.29 is 19.4 Å². The second-order valence-electron chi connectivity index (χ2n) is 8.29. The van der Waals surface area contributed by atoms with Gasteiger partial charge in [-0.15, -0.1) is 0 Å². The Morgan fingerprint density at radius 3 is 1.76 bits per heavy atom. The molecular weight excluding hydrogens is 364 g/mol. The van der Waals surface area contributed by atoms with Gasteiger partial charge in [0.1, 0.15) is 0 Å². The highest BCUT2D eigenvalue weighted by atomic mass is 16.5. The molecular formula is C25H48O4. The molecule has 0 unspecified atom stereocenters. The van der Waals surface area contributed by atoms with E-state index in [2.05, 4.69) is 27.4 Å². The molecule has 0 bridgehead atoms. The van der Waals surface area contributed by atoms with Crippen LogP contribution in [0.25, 0.3) is 0 Å². The van der Waals surface area contributed by atoms with Gasteiger partial charge in [0.05, 0.1) is 6.61 Å². The van der Waals surface area contributed by atoms with E-state index in [1.807, 2.05) is 0 Å². The van der Waals surface area contributed by atoms with Gasteiger partial charge < -0.3 is 9.84 Å². The molecule has 29 heavy (non-hydrogen) atoms. The van der Waals surface area contributed by atoms with Gasteiger partial charge in [-0.1, -0.05) is 111 Å². The predicted molar refractivity (Wildman–Crippen MR) is 123 cm³/mol. The smallest absolute Gasteiger partial charge is 0.330 e. The number of hydrogen-bond donors (Lipinski definition) is 1. The van der Waals surface area contributed by atoms with E-state index in [4.69, 9.17) is 9.84 Å². The minimum atomic E-state index is -0.657. The average Bonchev–Trinajstić information content (AvgIpc) is 2.68. The molecule has 0 aliphatic carbocycles. The van der Waals surface area contributed by atoms with Crippen LogP contribution in [-0.2, 0) is 14.3 Å². The van der Waals surface area contributed by atoms with Gasteiger partial charge in [-0.3, -0.25) is 4.79 Å². The molecule has 0 saturated heterocycles. The molecule has 0 amide bonds. The van der Waals surface area contributed by atoms with Crippen LogP contribution in [0.1, 0.15) is 124 Å². The first kappa shape index (κ1) is 29.9. The molecule has 0 aliphatic heterocycles. The molecule has 1 N–H and O–H groups in total. The molecule has 0 heterocycles. The maximum atomic E-state index is 10.6. The quantitative estimate of drug-likeness (QED) is 0.134. The van der Waals surface area contributed by atoms with E-state index in [1.165, 1.54) is 76.7 Å². The molecule has 0 aromatic rings. The number of unbranched alkanes of at least 4 members (excludes halogenated alkanes) is 12. The second-order valence-corrected chi connectivity index (χ2v) is 8.29. The normalized spacial score (nSPS) is 10.3. The molecule has 4 nitrogen and oxygen atoms in total. The molecule has 0 saturated carbocycles. The Morgan fingerprint density at radius 2 is 1.31 bits per heavy atom. The van der Waals surface area contributed by atoms with Crippen molar-refractivity contribution in [2.24, 2.45) is 5.92 Å². The number of esters is 1. The van der Waals surface area contributed by atoms with Crippen molar-refractivity contribution in [2.45, 2.75) is 124 Å². The van der Waals surface area contributed by atoms with Crippen LogP contribution in [-0.4, -0.2) is 23.7 Å². The third kappa shape index (κ3) is 31.6. The second kappa shape index (κ2) is 24.7. The number of carboxylic acid groups (broad SMARTS) is 1. The summed E-state index contributed by atoms with van der Waals surface area (Å²) in [5.74, 6) is -0.199. The van der Waals surface area contributed by atoms with Crippen LogP contribution in [0.4, 0.5) is 0 Å². The summed E-state index contributed by atoms with van der Waals surface area (Å²) < 4.78 is 4.84. The lowest BCUT2D eigenvalue weighted by molar-refractivity contribution is -0.138. The van der Waals surface area contributed by atoms with Crippen molar-refractivity contribution in [1.82, 2.24) is 0 Å². The van der Waals surface area contributed by atoms with E-state index in [0.717, 1.165) is 31.6 Å². The molecule has 0 aliphatic rings. The van der Waals surface area contributed by atoms with Crippen molar-refractivity contribution in [2.75, 3.05) is 6.61 Å². The molecule has 0 spiro atoms. The number of carbonyl (C=O) groups is 2. The van der Waals surface area contributed by atoms with Crippen LogP contribution in [0.5, 0.6) is 0 Å². The highest BCUT2D eigenvalue weighted by Gasteiger charge is 1.97. The highest BCUT2D eigenvalue weighted by Crippen LogP contribution is 2.11. The fourth-order valence-corrected chi connectivity index (χ4v) is 3.00. The third-order valence-corrected chi connectivity index (χ3v) is 4.83. The van der Waals surface area contributed by atoms with Gasteiger partial charge in [-0.05, 0) is 18.8 Å². The lowest BCUT2D eigenvalue weighted by Gasteiger charge is -2.04. The maximum Gasteiger partial charge on any atom is 0.330 e. The van der Waals surface area contributed by atoms with Gasteiger partial charge in [0.15, 0.2) is 0 Å². The van der Waals surface area contributed by atoms with Gasteiger partial charge in [-0.25, -0.2) is 4.79 Å². The number of aliphatic carboxylic acids is 1. The lowest BCUT2D eigenvalue weighted by atomic mass is 10.1. The Balaban J connectivity index is 0. The molecule has 172 valence electrons. The van der Waals surface area contributed by atoms with Crippen molar-refractivity contribution in [3.63, 3.8) is 0 Å².